The summed E-state index contributed by atoms with van der Waals surface area (Å²) in [5, 5.41) is 4.83. The van der Waals surface area contributed by atoms with Crippen molar-refractivity contribution in [3.05, 3.63) is 107 Å². The fourth-order valence-corrected chi connectivity index (χ4v) is 5.16. The van der Waals surface area contributed by atoms with Crippen molar-refractivity contribution in [1.29, 1.82) is 0 Å². The topological polar surface area (TPSA) is 68.1 Å². The first-order valence-corrected chi connectivity index (χ1v) is 12.1. The summed E-state index contributed by atoms with van der Waals surface area (Å²) in [5.74, 6) is -1.03. The van der Waals surface area contributed by atoms with E-state index in [-0.39, 0.29) is 23.9 Å². The summed E-state index contributed by atoms with van der Waals surface area (Å²) in [5.41, 5.74) is 4.54. The standard InChI is InChI=1S/C29H27FN4O2/c1-4-33-28-26(19(3)32-34(28)23-8-6-5-7-9-23)27(20-10-12-22(30)13-11-20)24(29(33)36)17-25(35)21-14-15-31-18(2)16-21/h5-16,24,27H,4,17H2,1-3H3/t24-,27+/m0/s1. The van der Waals surface area contributed by atoms with Gasteiger partial charge in [0, 0.05) is 41.9 Å². The van der Waals surface area contributed by atoms with E-state index >= 15 is 0 Å². The summed E-state index contributed by atoms with van der Waals surface area (Å²) >= 11 is 0. The molecule has 2 aromatic heterocycles. The van der Waals surface area contributed by atoms with Crippen LogP contribution in [-0.2, 0) is 4.79 Å². The Hall–Kier alpha value is -4.13. The van der Waals surface area contributed by atoms with Crippen LogP contribution in [0.3, 0.4) is 0 Å². The van der Waals surface area contributed by atoms with Gasteiger partial charge in [0.25, 0.3) is 0 Å². The van der Waals surface area contributed by atoms with Gasteiger partial charge in [-0.25, -0.2) is 9.07 Å². The summed E-state index contributed by atoms with van der Waals surface area (Å²) < 4.78 is 15.7. The number of pyridine rings is 1. The van der Waals surface area contributed by atoms with Crippen molar-refractivity contribution in [2.45, 2.75) is 33.1 Å². The van der Waals surface area contributed by atoms with Crippen LogP contribution in [0.2, 0.25) is 0 Å². The first-order valence-electron chi connectivity index (χ1n) is 12.1. The number of carbonyl (C=O) groups excluding carboxylic acids is 2. The Balaban J connectivity index is 1.68. The molecule has 1 aliphatic rings. The minimum Gasteiger partial charge on any atom is -0.296 e. The molecule has 0 fully saturated rings. The number of hydrogen-bond acceptors (Lipinski definition) is 4. The second-order valence-electron chi connectivity index (χ2n) is 9.10. The minimum absolute atomic E-state index is 0.0240. The van der Waals surface area contributed by atoms with Gasteiger partial charge in [0.1, 0.15) is 11.6 Å². The smallest absolute Gasteiger partial charge is 0.232 e. The number of rotatable bonds is 6. The summed E-state index contributed by atoms with van der Waals surface area (Å²) in [7, 11) is 0. The number of benzene rings is 2. The van der Waals surface area contributed by atoms with Gasteiger partial charge in [0.05, 0.1) is 17.3 Å². The summed E-state index contributed by atoms with van der Waals surface area (Å²) in [6, 6.07) is 19.3. The SMILES string of the molecule is CCN1C(=O)[C@@H](CC(=O)c2ccnc(C)c2)[C@@H](c2ccc(F)cc2)c2c(C)nn(-c3ccccc3)c21. The number of Topliss-reactive ketones (excluding diaryl/α,β-unsaturated/α-hetero) is 1. The fraction of sp³-hybridized carbons (Fsp3) is 0.241. The van der Waals surface area contributed by atoms with Gasteiger partial charge in [0.2, 0.25) is 5.91 Å². The van der Waals surface area contributed by atoms with Crippen molar-refractivity contribution in [3.63, 3.8) is 0 Å². The molecule has 0 saturated carbocycles. The molecule has 0 N–H and O–H groups in total. The number of fused-ring (bicyclic) bond motifs is 1. The van der Waals surface area contributed by atoms with Crippen LogP contribution in [0.4, 0.5) is 10.2 Å². The van der Waals surface area contributed by atoms with E-state index < -0.39 is 11.8 Å². The third-order valence-electron chi connectivity index (χ3n) is 6.80. The lowest BCUT2D eigenvalue weighted by molar-refractivity contribution is -0.123. The van der Waals surface area contributed by atoms with E-state index in [1.165, 1.54) is 12.1 Å². The molecular weight excluding hydrogens is 455 g/mol. The molecule has 0 spiro atoms. The van der Waals surface area contributed by atoms with Crippen LogP contribution >= 0.6 is 0 Å². The van der Waals surface area contributed by atoms with Gasteiger partial charge in [-0.15, -0.1) is 0 Å². The zero-order valence-electron chi connectivity index (χ0n) is 20.5. The number of carbonyl (C=O) groups is 2. The molecule has 6 nitrogen and oxygen atoms in total. The molecule has 2 aromatic carbocycles. The van der Waals surface area contributed by atoms with Crippen molar-refractivity contribution < 1.29 is 14.0 Å². The van der Waals surface area contributed by atoms with Crippen molar-refractivity contribution >= 4 is 17.5 Å². The van der Waals surface area contributed by atoms with Crippen LogP contribution in [0.15, 0.2) is 72.9 Å². The number of hydrogen-bond donors (Lipinski definition) is 0. The second kappa shape index (κ2) is 9.49. The Kier molecular flexibility index (Phi) is 6.22. The molecule has 4 aromatic rings. The normalized spacial score (nSPS) is 17.2. The zero-order chi connectivity index (χ0) is 25.4. The van der Waals surface area contributed by atoms with Crippen LogP contribution in [0, 0.1) is 25.6 Å². The number of anilines is 1. The van der Waals surface area contributed by atoms with Gasteiger partial charge in [-0.05, 0) is 62.7 Å². The quantitative estimate of drug-likeness (QED) is 0.345. The molecule has 0 unspecified atom stereocenters. The molecule has 0 radical (unpaired) electrons. The zero-order valence-corrected chi connectivity index (χ0v) is 20.5. The summed E-state index contributed by atoms with van der Waals surface area (Å²) in [6.07, 6.45) is 1.63. The fourth-order valence-electron chi connectivity index (χ4n) is 5.16. The molecule has 36 heavy (non-hydrogen) atoms. The molecule has 7 heteroatoms. The van der Waals surface area contributed by atoms with Gasteiger partial charge >= 0.3 is 0 Å². The highest BCUT2D eigenvalue weighted by Gasteiger charge is 2.45. The maximum absolute atomic E-state index is 14.0. The second-order valence-corrected chi connectivity index (χ2v) is 9.10. The highest BCUT2D eigenvalue weighted by atomic mass is 19.1. The largest absolute Gasteiger partial charge is 0.296 e. The van der Waals surface area contributed by atoms with Gasteiger partial charge in [0.15, 0.2) is 5.78 Å². The van der Waals surface area contributed by atoms with E-state index in [9.17, 15) is 14.0 Å². The lowest BCUT2D eigenvalue weighted by Crippen LogP contribution is -2.45. The van der Waals surface area contributed by atoms with Gasteiger partial charge < -0.3 is 0 Å². The third kappa shape index (κ3) is 4.11. The number of aryl methyl sites for hydroxylation is 2. The number of ketones is 1. The average Bonchev–Trinajstić information content (AvgIpc) is 3.22. The van der Waals surface area contributed by atoms with E-state index in [0.717, 1.165) is 28.2 Å². The van der Waals surface area contributed by atoms with Crippen molar-refractivity contribution in [2.24, 2.45) is 5.92 Å². The van der Waals surface area contributed by atoms with Crippen molar-refractivity contribution in [2.75, 3.05) is 11.4 Å². The summed E-state index contributed by atoms with van der Waals surface area (Å²) in [6.45, 7) is 6.10. The van der Waals surface area contributed by atoms with Crippen LogP contribution in [0.25, 0.3) is 5.69 Å². The van der Waals surface area contributed by atoms with Crippen LogP contribution in [0.5, 0.6) is 0 Å². The highest BCUT2D eigenvalue weighted by molar-refractivity contribution is 6.04. The molecule has 3 heterocycles. The average molecular weight is 483 g/mol. The third-order valence-corrected chi connectivity index (χ3v) is 6.80. The molecule has 1 amide bonds. The molecule has 0 aliphatic carbocycles. The number of halogens is 1. The maximum atomic E-state index is 14.0. The molecule has 182 valence electrons. The van der Waals surface area contributed by atoms with Gasteiger partial charge in [-0.1, -0.05) is 30.3 Å². The lowest BCUT2D eigenvalue weighted by atomic mass is 9.74. The van der Waals surface area contributed by atoms with E-state index in [2.05, 4.69) is 4.98 Å². The van der Waals surface area contributed by atoms with Crippen molar-refractivity contribution in [3.8, 4) is 5.69 Å². The number of aromatic nitrogens is 3. The summed E-state index contributed by atoms with van der Waals surface area (Å²) in [4.78, 5) is 33.3. The Morgan fingerprint density at radius 3 is 2.42 bits per heavy atom. The Morgan fingerprint density at radius 1 is 1.03 bits per heavy atom. The molecular formula is C29H27FN4O2. The van der Waals surface area contributed by atoms with Crippen LogP contribution < -0.4 is 4.90 Å². The predicted octanol–water partition coefficient (Wildman–Crippen LogP) is 5.41. The van der Waals surface area contributed by atoms with E-state index in [4.69, 9.17) is 5.10 Å². The van der Waals surface area contributed by atoms with Crippen LogP contribution in [0.1, 0.15) is 52.1 Å². The Morgan fingerprint density at radius 2 is 1.75 bits per heavy atom. The molecule has 2 atom stereocenters. The highest BCUT2D eigenvalue weighted by Crippen LogP contribution is 2.47. The minimum atomic E-state index is -0.656. The molecule has 0 saturated heterocycles. The first kappa shape index (κ1) is 23.6. The predicted molar refractivity (Wildman–Crippen MR) is 136 cm³/mol. The number of nitrogens with zero attached hydrogens (tertiary/aromatic N) is 4. The molecule has 0 bridgehead atoms. The van der Waals surface area contributed by atoms with Crippen LogP contribution in [-0.4, -0.2) is 33.0 Å². The first-order chi connectivity index (χ1) is 17.4. The van der Waals surface area contributed by atoms with Crippen molar-refractivity contribution in [1.82, 2.24) is 14.8 Å². The monoisotopic (exact) mass is 482 g/mol. The Labute approximate surface area is 209 Å². The lowest BCUT2D eigenvalue weighted by Gasteiger charge is -2.38. The number of amides is 1. The van der Waals surface area contributed by atoms with E-state index in [1.807, 2.05) is 51.1 Å². The molecule has 1 aliphatic heterocycles. The molecule has 5 rings (SSSR count). The number of para-hydroxylation sites is 1. The maximum Gasteiger partial charge on any atom is 0.232 e. The van der Waals surface area contributed by atoms with E-state index in [0.29, 0.717) is 17.9 Å². The van der Waals surface area contributed by atoms with Gasteiger partial charge in [-0.3, -0.25) is 19.5 Å². The van der Waals surface area contributed by atoms with E-state index in [1.54, 1.807) is 40.0 Å². The Bertz CT molecular complexity index is 1430. The van der Waals surface area contributed by atoms with Gasteiger partial charge in [-0.2, -0.15) is 5.10 Å².